The Labute approximate surface area is 297 Å². The largest absolute Gasteiger partial charge is 0.470 e. The molecule has 0 aromatic carbocycles. The zero-order chi connectivity index (χ0) is 35.8. The minimum Gasteiger partial charge on any atom is -0.328 e. The molecule has 0 bridgehead atoms. The molecule has 0 aliphatic carbocycles. The first-order valence-electron chi connectivity index (χ1n) is 19.7. The van der Waals surface area contributed by atoms with Gasteiger partial charge >= 0.3 is 7.82 Å². The van der Waals surface area contributed by atoms with Gasteiger partial charge in [0.2, 0.25) is 0 Å². The quantitative estimate of drug-likeness (QED) is 0.0303. The van der Waals surface area contributed by atoms with E-state index in [2.05, 4.69) is 62.5 Å². The van der Waals surface area contributed by atoms with Gasteiger partial charge in [0.05, 0.1) is 21.1 Å². The maximum absolute atomic E-state index is 13.6. The van der Waals surface area contributed by atoms with Crippen LogP contribution in [0, 0.1) is 0 Å². The summed E-state index contributed by atoms with van der Waals surface area (Å²) < 4.78 is 17.9. The van der Waals surface area contributed by atoms with Crippen molar-refractivity contribution in [2.45, 2.75) is 180 Å². The van der Waals surface area contributed by atoms with Gasteiger partial charge in [-0.2, -0.15) is 0 Å². The van der Waals surface area contributed by atoms with Gasteiger partial charge in [0.1, 0.15) is 6.54 Å². The molecule has 7 heteroatoms. The van der Waals surface area contributed by atoms with Crippen LogP contribution in [0.5, 0.6) is 0 Å². The Balaban J connectivity index is 4.59. The Morgan fingerprint density at radius 3 is 1.38 bits per heavy atom. The Morgan fingerprint density at radius 2 is 0.958 bits per heavy atom. The van der Waals surface area contributed by atoms with Crippen molar-refractivity contribution in [3.8, 4) is 0 Å². The van der Waals surface area contributed by atoms with Crippen LogP contribution in [-0.4, -0.2) is 53.3 Å². The summed E-state index contributed by atoms with van der Waals surface area (Å²) in [6, 6.07) is 0. The Kier molecular flexibility index (Phi) is 29.7. The molecule has 280 valence electrons. The van der Waals surface area contributed by atoms with Gasteiger partial charge in [0.15, 0.2) is 11.4 Å². The summed E-state index contributed by atoms with van der Waals surface area (Å²) in [6.45, 7) is 4.72. The van der Waals surface area contributed by atoms with Gasteiger partial charge in [-0.15, -0.1) is 0 Å². The first-order chi connectivity index (χ1) is 23.0. The van der Waals surface area contributed by atoms with Gasteiger partial charge in [0, 0.05) is 6.42 Å². The Morgan fingerprint density at radius 1 is 0.583 bits per heavy atom. The lowest BCUT2D eigenvalue weighted by Gasteiger charge is -2.38. The van der Waals surface area contributed by atoms with Crippen LogP contribution >= 0.6 is 7.82 Å². The first-order valence-corrected chi connectivity index (χ1v) is 21.2. The van der Waals surface area contributed by atoms with E-state index in [0.29, 0.717) is 23.7 Å². The number of ketones is 1. The monoisotopic (exact) mass is 695 g/mol. The second kappa shape index (κ2) is 30.5. The maximum Gasteiger partial charge on any atom is 0.470 e. The maximum atomic E-state index is 13.6. The van der Waals surface area contributed by atoms with Crippen LogP contribution in [0.1, 0.15) is 174 Å². The molecule has 0 aromatic heterocycles. The lowest BCUT2D eigenvalue weighted by atomic mass is 9.87. The van der Waals surface area contributed by atoms with Gasteiger partial charge in [-0.3, -0.25) is 9.32 Å². The average molecular weight is 695 g/mol. The second-order valence-electron chi connectivity index (χ2n) is 14.8. The summed E-state index contributed by atoms with van der Waals surface area (Å²) in [4.78, 5) is 33.3. The molecule has 1 unspecified atom stereocenters. The van der Waals surface area contributed by atoms with E-state index in [1.165, 1.54) is 89.9 Å². The van der Waals surface area contributed by atoms with E-state index in [4.69, 9.17) is 4.52 Å². The van der Waals surface area contributed by atoms with Crippen molar-refractivity contribution in [1.29, 1.82) is 0 Å². The predicted octanol–water partition coefficient (Wildman–Crippen LogP) is 12.1. The second-order valence-corrected chi connectivity index (χ2v) is 15.9. The summed E-state index contributed by atoms with van der Waals surface area (Å²) in [7, 11) is 0.965. The molecule has 0 aliphatic heterocycles. The van der Waals surface area contributed by atoms with Crippen LogP contribution in [-0.2, 0) is 13.9 Å². The van der Waals surface area contributed by atoms with E-state index < -0.39 is 13.4 Å². The van der Waals surface area contributed by atoms with Crippen LogP contribution in [0.2, 0.25) is 0 Å². The van der Waals surface area contributed by atoms with Crippen molar-refractivity contribution in [1.82, 2.24) is 0 Å². The van der Waals surface area contributed by atoms with E-state index >= 15 is 0 Å². The number of rotatable bonds is 34. The molecule has 2 N–H and O–H groups in total. The van der Waals surface area contributed by atoms with Crippen molar-refractivity contribution in [3.63, 3.8) is 0 Å². The fourth-order valence-corrected chi connectivity index (χ4v) is 6.90. The van der Waals surface area contributed by atoms with E-state index in [0.717, 1.165) is 51.4 Å². The minimum absolute atomic E-state index is 0.167. The minimum atomic E-state index is -4.85. The Hall–Kier alpha value is -1.30. The van der Waals surface area contributed by atoms with E-state index in [1.807, 2.05) is 21.1 Å². The zero-order valence-corrected chi connectivity index (χ0v) is 32.9. The number of hydrogen-bond acceptors (Lipinski definition) is 3. The van der Waals surface area contributed by atoms with Gasteiger partial charge in [-0.05, 0) is 64.2 Å². The first kappa shape index (κ1) is 46.7. The van der Waals surface area contributed by atoms with Crippen LogP contribution in [0.4, 0.5) is 0 Å². The molecule has 0 heterocycles. The lowest BCUT2D eigenvalue weighted by Crippen LogP contribution is -2.55. The number of quaternary nitrogens is 1. The molecular formula is C41H77NO5P+. The summed E-state index contributed by atoms with van der Waals surface area (Å²) in [5.41, 5.74) is -1.47. The number of phosphoric acid groups is 1. The molecule has 1 atom stereocenters. The highest BCUT2D eigenvalue weighted by Gasteiger charge is 2.47. The molecule has 0 amide bonds. The summed E-state index contributed by atoms with van der Waals surface area (Å²) in [5.74, 6) is -0.167. The third kappa shape index (κ3) is 30.7. The van der Waals surface area contributed by atoms with Crippen molar-refractivity contribution in [3.05, 3.63) is 48.6 Å². The number of carbonyl (C=O) groups is 1. The molecule has 0 saturated carbocycles. The number of phosphoric ester groups is 1. The standard InChI is InChI=1S/C41H76NO5P/c1-6-8-10-12-14-16-18-20-21-22-23-24-26-28-30-32-34-36-38-41(39-42(3,4)5,47-48(44,45)46)40(43)37-35-33-31-29-27-25-19-17-15-13-11-9-7-2/h14,16,20-21,23-24,28,30H,6-13,15,17-19,22,25-27,29,31-39H2,1-5H3,(H-,44,45,46)/p+1. The zero-order valence-electron chi connectivity index (χ0n) is 32.0. The topological polar surface area (TPSA) is 83.8 Å². The molecule has 0 saturated heterocycles. The molecule has 0 aliphatic rings. The van der Waals surface area contributed by atoms with E-state index in [1.54, 1.807) is 0 Å². The molecule has 0 radical (unpaired) electrons. The van der Waals surface area contributed by atoms with Crippen molar-refractivity contribution in [2.24, 2.45) is 0 Å². The highest BCUT2D eigenvalue weighted by molar-refractivity contribution is 7.46. The third-order valence-corrected chi connectivity index (χ3v) is 9.29. The normalized spacial score (nSPS) is 14.3. The van der Waals surface area contributed by atoms with Crippen molar-refractivity contribution >= 4 is 13.6 Å². The number of Topliss-reactive ketones (excluding diaryl/α,β-unsaturated/α-hetero) is 1. The lowest BCUT2D eigenvalue weighted by molar-refractivity contribution is -0.875. The molecule has 0 rings (SSSR count). The third-order valence-electron chi connectivity index (χ3n) is 8.70. The summed E-state index contributed by atoms with van der Waals surface area (Å²) >= 11 is 0. The van der Waals surface area contributed by atoms with Crippen LogP contribution in [0.25, 0.3) is 0 Å². The SMILES string of the molecule is CCCCCC=CCC=CCC=CCC=CCCCCC(C[N+](C)(C)C)(OP(=O)(O)O)C(=O)CCCCCCCCCCCCCCC. The van der Waals surface area contributed by atoms with Crippen molar-refractivity contribution < 1.29 is 28.2 Å². The van der Waals surface area contributed by atoms with Gasteiger partial charge in [0.25, 0.3) is 0 Å². The Bertz CT molecular complexity index is 930. The molecule has 0 spiro atoms. The molecule has 0 fully saturated rings. The highest BCUT2D eigenvalue weighted by Crippen LogP contribution is 2.45. The van der Waals surface area contributed by atoms with Crippen LogP contribution in [0.15, 0.2) is 48.6 Å². The molecule has 0 aromatic rings. The summed E-state index contributed by atoms with van der Waals surface area (Å²) in [6.07, 6.45) is 44.4. The molecule has 6 nitrogen and oxygen atoms in total. The predicted molar refractivity (Wildman–Crippen MR) is 207 cm³/mol. The summed E-state index contributed by atoms with van der Waals surface area (Å²) in [5, 5.41) is 0. The van der Waals surface area contributed by atoms with Crippen LogP contribution < -0.4 is 0 Å². The highest BCUT2D eigenvalue weighted by atomic mass is 31.2. The molecular weight excluding hydrogens is 617 g/mol. The number of hydrogen-bond donors (Lipinski definition) is 2. The average Bonchev–Trinajstić information content (AvgIpc) is 3.01. The van der Waals surface area contributed by atoms with Gasteiger partial charge in [-0.25, -0.2) is 4.57 Å². The fraction of sp³-hybridized carbons (Fsp3) is 0.780. The number of likely N-dealkylation sites (N-methyl/N-ethyl adjacent to an activating group) is 1. The number of unbranched alkanes of at least 4 members (excludes halogenated alkanes) is 17. The number of nitrogens with zero attached hydrogens (tertiary/aromatic N) is 1. The van der Waals surface area contributed by atoms with E-state index in [9.17, 15) is 19.1 Å². The smallest absolute Gasteiger partial charge is 0.328 e. The molecule has 48 heavy (non-hydrogen) atoms. The van der Waals surface area contributed by atoms with Crippen molar-refractivity contribution in [2.75, 3.05) is 27.7 Å². The van der Waals surface area contributed by atoms with Gasteiger partial charge < -0.3 is 14.3 Å². The number of allylic oxidation sites excluding steroid dienone is 8. The van der Waals surface area contributed by atoms with E-state index in [-0.39, 0.29) is 12.3 Å². The van der Waals surface area contributed by atoms with Gasteiger partial charge in [-0.1, -0.05) is 152 Å². The number of carbonyl (C=O) groups excluding carboxylic acids is 1. The van der Waals surface area contributed by atoms with Crippen LogP contribution in [0.3, 0.4) is 0 Å². The fourth-order valence-electron chi connectivity index (χ4n) is 6.19.